The topological polar surface area (TPSA) is 76.9 Å². The van der Waals surface area contributed by atoms with Crippen LogP contribution in [-0.4, -0.2) is 33.4 Å². The lowest BCUT2D eigenvalue weighted by atomic mass is 10.2. The molecule has 0 aliphatic carbocycles. The molecular weight excluding hydrogens is 268 g/mol. The van der Waals surface area contributed by atoms with Crippen LogP contribution >= 0.6 is 0 Å². The second kappa shape index (κ2) is 6.92. The summed E-state index contributed by atoms with van der Waals surface area (Å²) < 4.78 is 7.23. The Morgan fingerprint density at radius 2 is 1.95 bits per heavy atom. The van der Waals surface area contributed by atoms with Gasteiger partial charge in [-0.25, -0.2) is 9.97 Å². The fourth-order valence-corrected chi connectivity index (χ4v) is 2.06. The molecule has 2 heterocycles. The van der Waals surface area contributed by atoms with Crippen molar-refractivity contribution in [2.24, 2.45) is 7.05 Å². The molecule has 0 saturated heterocycles. The molecule has 0 aliphatic rings. The van der Waals surface area contributed by atoms with E-state index in [9.17, 15) is 0 Å². The Balaban J connectivity index is 2.13. The van der Waals surface area contributed by atoms with E-state index < -0.39 is 0 Å². The van der Waals surface area contributed by atoms with Crippen LogP contribution in [0.2, 0.25) is 0 Å². The average molecular weight is 290 g/mol. The molecule has 0 saturated carbocycles. The number of rotatable bonds is 7. The highest BCUT2D eigenvalue weighted by molar-refractivity contribution is 5.63. The molecule has 2 N–H and O–H groups in total. The fraction of sp³-hybridized carbons (Fsp3) is 0.500. The number of ether oxygens (including phenoxy) is 1. The third-order valence-electron chi connectivity index (χ3n) is 3.11. The summed E-state index contributed by atoms with van der Waals surface area (Å²) in [5.41, 5.74) is 2.13. The number of nitrogens with zero attached hydrogens (tertiary/aromatic N) is 4. The summed E-state index contributed by atoms with van der Waals surface area (Å²) in [7, 11) is 3.53. The van der Waals surface area contributed by atoms with Gasteiger partial charge in [-0.3, -0.25) is 4.68 Å². The van der Waals surface area contributed by atoms with Gasteiger partial charge in [-0.2, -0.15) is 5.10 Å². The van der Waals surface area contributed by atoms with Gasteiger partial charge in [-0.15, -0.1) is 0 Å². The van der Waals surface area contributed by atoms with Crippen LogP contribution in [0.4, 0.5) is 11.6 Å². The van der Waals surface area contributed by atoms with Crippen LogP contribution in [0.5, 0.6) is 5.75 Å². The van der Waals surface area contributed by atoms with Crippen LogP contribution in [0.25, 0.3) is 0 Å². The summed E-state index contributed by atoms with van der Waals surface area (Å²) in [4.78, 5) is 8.48. The van der Waals surface area contributed by atoms with Crippen molar-refractivity contribution < 1.29 is 4.74 Å². The molecule has 7 heteroatoms. The van der Waals surface area contributed by atoms with E-state index in [1.807, 2.05) is 20.2 Å². The number of hydrogen-bond acceptors (Lipinski definition) is 6. The van der Waals surface area contributed by atoms with Crippen LogP contribution < -0.4 is 15.4 Å². The monoisotopic (exact) mass is 290 g/mol. The Labute approximate surface area is 124 Å². The van der Waals surface area contributed by atoms with E-state index in [-0.39, 0.29) is 0 Å². The highest BCUT2D eigenvalue weighted by Crippen LogP contribution is 2.29. The van der Waals surface area contributed by atoms with E-state index in [0.717, 1.165) is 24.2 Å². The highest BCUT2D eigenvalue weighted by atomic mass is 16.5. The maximum atomic E-state index is 5.43. The first-order chi connectivity index (χ1) is 10.2. The number of nitrogens with one attached hydrogen (secondary N) is 2. The van der Waals surface area contributed by atoms with E-state index in [2.05, 4.69) is 32.6 Å². The summed E-state index contributed by atoms with van der Waals surface area (Å²) in [6, 6.07) is 0. The van der Waals surface area contributed by atoms with Gasteiger partial charge in [-0.1, -0.05) is 6.92 Å². The Bertz CT molecular complexity index is 595. The molecule has 0 radical (unpaired) electrons. The van der Waals surface area contributed by atoms with E-state index in [0.29, 0.717) is 23.9 Å². The molecule has 0 aromatic carbocycles. The summed E-state index contributed by atoms with van der Waals surface area (Å²) in [6.45, 7) is 5.57. The zero-order chi connectivity index (χ0) is 15.2. The van der Waals surface area contributed by atoms with Gasteiger partial charge in [0.05, 0.1) is 12.8 Å². The Morgan fingerprint density at radius 3 is 2.52 bits per heavy atom. The second-order valence-corrected chi connectivity index (χ2v) is 4.80. The number of aromatic nitrogens is 4. The molecule has 0 spiro atoms. The minimum Gasteiger partial charge on any atom is -0.490 e. The maximum absolute atomic E-state index is 5.43. The summed E-state index contributed by atoms with van der Waals surface area (Å²) in [6.07, 6.45) is 4.54. The number of hydrogen-bond donors (Lipinski definition) is 2. The number of anilines is 2. The van der Waals surface area contributed by atoms with Crippen molar-refractivity contribution in [2.75, 3.05) is 24.3 Å². The molecule has 0 amide bonds. The third kappa shape index (κ3) is 3.62. The predicted octanol–water partition coefficient (Wildman–Crippen LogP) is 1.96. The normalized spacial score (nSPS) is 10.5. The standard InChI is InChI=1S/C14H22N6O/c1-5-6-15-13-12(21-4)14(18-9-17-13)16-7-11-8-20(3)19-10(11)2/h8-9H,5-7H2,1-4H3,(H2,15,16,17,18). The zero-order valence-electron chi connectivity index (χ0n) is 13.0. The van der Waals surface area contributed by atoms with Gasteiger partial charge in [0, 0.05) is 31.9 Å². The zero-order valence-corrected chi connectivity index (χ0v) is 13.0. The third-order valence-corrected chi connectivity index (χ3v) is 3.11. The van der Waals surface area contributed by atoms with E-state index in [1.165, 1.54) is 6.33 Å². The lowest BCUT2D eigenvalue weighted by molar-refractivity contribution is 0.414. The van der Waals surface area contributed by atoms with Gasteiger partial charge >= 0.3 is 0 Å². The van der Waals surface area contributed by atoms with E-state index >= 15 is 0 Å². The minimum absolute atomic E-state index is 0.632. The van der Waals surface area contributed by atoms with Crippen molar-refractivity contribution in [3.63, 3.8) is 0 Å². The van der Waals surface area contributed by atoms with Gasteiger partial charge in [0.2, 0.25) is 5.75 Å². The SMILES string of the molecule is CCCNc1ncnc(NCc2cn(C)nc2C)c1OC. The van der Waals surface area contributed by atoms with Crippen molar-refractivity contribution in [3.8, 4) is 5.75 Å². The minimum atomic E-state index is 0.632. The molecule has 21 heavy (non-hydrogen) atoms. The second-order valence-electron chi connectivity index (χ2n) is 4.80. The van der Waals surface area contributed by atoms with Crippen molar-refractivity contribution in [2.45, 2.75) is 26.8 Å². The van der Waals surface area contributed by atoms with Crippen molar-refractivity contribution in [1.29, 1.82) is 0 Å². The van der Waals surface area contributed by atoms with Crippen molar-refractivity contribution in [3.05, 3.63) is 23.8 Å². The van der Waals surface area contributed by atoms with Crippen LogP contribution in [0.1, 0.15) is 24.6 Å². The molecule has 0 aliphatic heterocycles. The molecule has 7 nitrogen and oxygen atoms in total. The van der Waals surface area contributed by atoms with Gasteiger partial charge in [0.15, 0.2) is 11.6 Å². The first-order valence-electron chi connectivity index (χ1n) is 7.01. The quantitative estimate of drug-likeness (QED) is 0.812. The summed E-state index contributed by atoms with van der Waals surface area (Å²) >= 11 is 0. The molecule has 2 rings (SSSR count). The van der Waals surface area contributed by atoms with Crippen molar-refractivity contribution >= 4 is 11.6 Å². The molecule has 0 unspecified atom stereocenters. The average Bonchev–Trinajstić information content (AvgIpc) is 2.80. The smallest absolute Gasteiger partial charge is 0.204 e. The number of methoxy groups -OCH3 is 1. The summed E-state index contributed by atoms with van der Waals surface area (Å²) in [5, 5.41) is 10.8. The van der Waals surface area contributed by atoms with Gasteiger partial charge in [0.25, 0.3) is 0 Å². The van der Waals surface area contributed by atoms with Gasteiger partial charge < -0.3 is 15.4 Å². The first-order valence-corrected chi connectivity index (χ1v) is 7.01. The molecule has 114 valence electrons. The van der Waals surface area contributed by atoms with Crippen LogP contribution in [-0.2, 0) is 13.6 Å². The van der Waals surface area contributed by atoms with Gasteiger partial charge in [0.1, 0.15) is 6.33 Å². The van der Waals surface area contributed by atoms with E-state index in [4.69, 9.17) is 4.74 Å². The lowest BCUT2D eigenvalue weighted by Gasteiger charge is -2.13. The van der Waals surface area contributed by atoms with Crippen molar-refractivity contribution in [1.82, 2.24) is 19.7 Å². The van der Waals surface area contributed by atoms with Crippen LogP contribution in [0.15, 0.2) is 12.5 Å². The highest BCUT2D eigenvalue weighted by Gasteiger charge is 2.12. The fourth-order valence-electron chi connectivity index (χ4n) is 2.06. The maximum Gasteiger partial charge on any atom is 0.204 e. The van der Waals surface area contributed by atoms with Gasteiger partial charge in [-0.05, 0) is 13.3 Å². The Hall–Kier alpha value is -2.31. The Morgan fingerprint density at radius 1 is 1.24 bits per heavy atom. The molecule has 0 fully saturated rings. The molecule has 2 aromatic rings. The van der Waals surface area contributed by atoms with Crippen LogP contribution in [0.3, 0.4) is 0 Å². The first kappa shape index (κ1) is 15.1. The molecular formula is C14H22N6O. The van der Waals surface area contributed by atoms with E-state index in [1.54, 1.807) is 11.8 Å². The summed E-state index contributed by atoms with van der Waals surface area (Å²) in [5.74, 6) is 2.02. The predicted molar refractivity (Wildman–Crippen MR) is 82.6 cm³/mol. The van der Waals surface area contributed by atoms with Crippen LogP contribution in [0, 0.1) is 6.92 Å². The molecule has 2 aromatic heterocycles. The largest absolute Gasteiger partial charge is 0.490 e. The Kier molecular flexibility index (Phi) is 4.97. The molecule has 0 bridgehead atoms. The molecule has 0 atom stereocenters. The number of aryl methyl sites for hydroxylation is 2. The lowest BCUT2D eigenvalue weighted by Crippen LogP contribution is -2.09.